The Morgan fingerprint density at radius 3 is 2.43 bits per heavy atom. The van der Waals surface area contributed by atoms with E-state index in [4.69, 9.17) is 9.47 Å². The van der Waals surface area contributed by atoms with Gasteiger partial charge in [0.1, 0.15) is 11.5 Å². The van der Waals surface area contributed by atoms with Crippen LogP contribution in [0.25, 0.3) is 0 Å². The second kappa shape index (κ2) is 10.5. The van der Waals surface area contributed by atoms with Gasteiger partial charge in [-0.25, -0.2) is 4.79 Å². The van der Waals surface area contributed by atoms with Gasteiger partial charge in [-0.2, -0.15) is 0 Å². The lowest BCUT2D eigenvalue weighted by atomic mass is 9.97. The molecule has 1 fully saturated rings. The highest BCUT2D eigenvalue weighted by Crippen LogP contribution is 2.24. The number of methoxy groups -OCH3 is 1. The molecule has 0 unspecified atom stereocenters. The van der Waals surface area contributed by atoms with Crippen LogP contribution in [0.5, 0.6) is 11.5 Å². The van der Waals surface area contributed by atoms with Crippen molar-refractivity contribution in [3.63, 3.8) is 0 Å². The molecule has 30 heavy (non-hydrogen) atoms. The monoisotopic (exact) mass is 411 g/mol. The zero-order valence-electron chi connectivity index (χ0n) is 17.5. The highest BCUT2D eigenvalue weighted by molar-refractivity contribution is 5.94. The Bertz CT molecular complexity index is 846. The average molecular weight is 412 g/mol. The normalized spacial score (nSPS) is 14.1. The number of piperidine rings is 1. The summed E-state index contributed by atoms with van der Waals surface area (Å²) in [6, 6.07) is 14.4. The van der Waals surface area contributed by atoms with Gasteiger partial charge in [-0.1, -0.05) is 12.1 Å². The molecule has 3 amide bonds. The van der Waals surface area contributed by atoms with E-state index in [0.29, 0.717) is 49.2 Å². The Morgan fingerprint density at radius 1 is 1.07 bits per heavy atom. The zero-order valence-corrected chi connectivity index (χ0v) is 17.5. The van der Waals surface area contributed by atoms with Crippen LogP contribution in [0.15, 0.2) is 48.5 Å². The van der Waals surface area contributed by atoms with Crippen LogP contribution in [-0.2, 0) is 0 Å². The molecular weight excluding hydrogens is 382 g/mol. The van der Waals surface area contributed by atoms with E-state index in [1.165, 1.54) is 0 Å². The molecule has 0 spiro atoms. The van der Waals surface area contributed by atoms with Crippen molar-refractivity contribution in [2.45, 2.75) is 19.8 Å². The summed E-state index contributed by atoms with van der Waals surface area (Å²) in [5.74, 6) is 1.66. The van der Waals surface area contributed by atoms with Crippen LogP contribution < -0.4 is 20.1 Å². The summed E-state index contributed by atoms with van der Waals surface area (Å²) in [5.41, 5.74) is 1.28. The number of hydrogen-bond acceptors (Lipinski definition) is 4. The minimum Gasteiger partial charge on any atom is -0.495 e. The third kappa shape index (κ3) is 5.65. The first kappa shape index (κ1) is 21.5. The second-order valence-electron chi connectivity index (χ2n) is 7.23. The van der Waals surface area contributed by atoms with Gasteiger partial charge in [-0.05, 0) is 62.1 Å². The molecule has 0 atom stereocenters. The predicted octanol–water partition coefficient (Wildman–Crippen LogP) is 3.77. The molecule has 7 nitrogen and oxygen atoms in total. The van der Waals surface area contributed by atoms with Crippen LogP contribution in [0.1, 0.15) is 30.1 Å². The minimum atomic E-state index is -0.128. The fourth-order valence-corrected chi connectivity index (χ4v) is 3.49. The molecule has 3 rings (SSSR count). The summed E-state index contributed by atoms with van der Waals surface area (Å²) in [6.45, 7) is 4.44. The molecule has 2 aromatic carbocycles. The van der Waals surface area contributed by atoms with E-state index in [1.54, 1.807) is 36.3 Å². The van der Waals surface area contributed by atoms with Crippen molar-refractivity contribution < 1.29 is 19.1 Å². The molecular formula is C23H29N3O4. The molecule has 160 valence electrons. The van der Waals surface area contributed by atoms with Gasteiger partial charge in [-0.3, -0.25) is 4.79 Å². The molecule has 2 aromatic rings. The average Bonchev–Trinajstić information content (AvgIpc) is 2.79. The predicted molar refractivity (Wildman–Crippen MR) is 116 cm³/mol. The zero-order chi connectivity index (χ0) is 21.3. The fourth-order valence-electron chi connectivity index (χ4n) is 3.49. The summed E-state index contributed by atoms with van der Waals surface area (Å²) in [5, 5.41) is 5.92. The van der Waals surface area contributed by atoms with E-state index in [-0.39, 0.29) is 11.9 Å². The Balaban J connectivity index is 1.43. The number of benzene rings is 2. The fraction of sp³-hybridized carbons (Fsp3) is 0.391. The smallest absolute Gasteiger partial charge is 0.321 e. The number of para-hydroxylation sites is 2. The number of anilines is 1. The first-order valence-electron chi connectivity index (χ1n) is 10.3. The van der Waals surface area contributed by atoms with E-state index in [2.05, 4.69) is 10.6 Å². The van der Waals surface area contributed by atoms with Gasteiger partial charge >= 0.3 is 6.03 Å². The van der Waals surface area contributed by atoms with Gasteiger partial charge < -0.3 is 25.0 Å². The highest BCUT2D eigenvalue weighted by atomic mass is 16.5. The Labute approximate surface area is 177 Å². The third-order valence-electron chi connectivity index (χ3n) is 5.23. The van der Waals surface area contributed by atoms with E-state index in [1.807, 2.05) is 31.2 Å². The number of amides is 3. The molecule has 1 heterocycles. The summed E-state index contributed by atoms with van der Waals surface area (Å²) >= 11 is 0. The van der Waals surface area contributed by atoms with Crippen molar-refractivity contribution in [2.24, 2.45) is 5.92 Å². The van der Waals surface area contributed by atoms with Gasteiger partial charge in [0.25, 0.3) is 5.91 Å². The number of likely N-dealkylation sites (tertiary alicyclic amines) is 1. The van der Waals surface area contributed by atoms with Gasteiger partial charge in [0.05, 0.1) is 19.4 Å². The van der Waals surface area contributed by atoms with E-state index in [9.17, 15) is 9.59 Å². The maximum absolute atomic E-state index is 12.5. The summed E-state index contributed by atoms with van der Waals surface area (Å²) in [6.07, 6.45) is 1.70. The quantitative estimate of drug-likeness (QED) is 0.727. The molecule has 2 N–H and O–H groups in total. The standard InChI is InChI=1S/C23H29N3O4/c1-3-30-19-10-8-18(9-11-19)22(27)24-16-17-12-14-26(15-13-17)23(28)25-20-6-4-5-7-21(20)29-2/h4-11,17H,3,12-16H2,1-2H3,(H,24,27)(H,25,28). The number of urea groups is 1. The minimum absolute atomic E-state index is 0.0885. The Kier molecular flexibility index (Phi) is 7.54. The third-order valence-corrected chi connectivity index (χ3v) is 5.23. The van der Waals surface area contributed by atoms with Crippen molar-refractivity contribution in [3.05, 3.63) is 54.1 Å². The summed E-state index contributed by atoms with van der Waals surface area (Å²) < 4.78 is 10.7. The molecule has 0 aromatic heterocycles. The first-order chi connectivity index (χ1) is 14.6. The van der Waals surface area contributed by atoms with Crippen LogP contribution in [0.2, 0.25) is 0 Å². The molecule has 1 saturated heterocycles. The van der Waals surface area contributed by atoms with Crippen LogP contribution in [0, 0.1) is 5.92 Å². The Hall–Kier alpha value is -3.22. The van der Waals surface area contributed by atoms with Crippen LogP contribution in [-0.4, -0.2) is 50.2 Å². The molecule has 0 saturated carbocycles. The van der Waals surface area contributed by atoms with Gasteiger partial charge in [0.15, 0.2) is 0 Å². The SMILES string of the molecule is CCOc1ccc(C(=O)NCC2CCN(C(=O)Nc3ccccc3OC)CC2)cc1. The van der Waals surface area contributed by atoms with Gasteiger partial charge in [0, 0.05) is 25.2 Å². The molecule has 0 radical (unpaired) electrons. The maximum Gasteiger partial charge on any atom is 0.321 e. The summed E-state index contributed by atoms with van der Waals surface area (Å²) in [4.78, 5) is 26.7. The topological polar surface area (TPSA) is 79.9 Å². The largest absolute Gasteiger partial charge is 0.495 e. The van der Waals surface area contributed by atoms with Crippen LogP contribution in [0.4, 0.5) is 10.5 Å². The van der Waals surface area contributed by atoms with E-state index in [0.717, 1.165) is 18.6 Å². The number of ether oxygens (including phenoxy) is 2. The lowest BCUT2D eigenvalue weighted by molar-refractivity contribution is 0.0938. The maximum atomic E-state index is 12.5. The van der Waals surface area contributed by atoms with E-state index >= 15 is 0 Å². The molecule has 7 heteroatoms. The number of nitrogens with zero attached hydrogens (tertiary/aromatic N) is 1. The molecule has 1 aliphatic heterocycles. The Morgan fingerprint density at radius 2 is 1.77 bits per heavy atom. The van der Waals surface area contributed by atoms with E-state index < -0.39 is 0 Å². The summed E-state index contributed by atoms with van der Waals surface area (Å²) in [7, 11) is 1.58. The lowest BCUT2D eigenvalue weighted by Gasteiger charge is -2.32. The number of carbonyl (C=O) groups excluding carboxylic acids is 2. The van der Waals surface area contributed by atoms with Crippen molar-refractivity contribution in [1.29, 1.82) is 0 Å². The van der Waals surface area contributed by atoms with Crippen molar-refractivity contribution >= 4 is 17.6 Å². The lowest BCUT2D eigenvalue weighted by Crippen LogP contribution is -2.43. The van der Waals surface area contributed by atoms with Crippen molar-refractivity contribution in [1.82, 2.24) is 10.2 Å². The number of carbonyl (C=O) groups is 2. The molecule has 1 aliphatic rings. The van der Waals surface area contributed by atoms with Crippen molar-refractivity contribution in [3.8, 4) is 11.5 Å². The number of nitrogens with one attached hydrogen (secondary N) is 2. The van der Waals surface area contributed by atoms with Crippen LogP contribution in [0.3, 0.4) is 0 Å². The first-order valence-corrected chi connectivity index (χ1v) is 10.3. The molecule has 0 aliphatic carbocycles. The number of rotatable bonds is 7. The molecule has 0 bridgehead atoms. The second-order valence-corrected chi connectivity index (χ2v) is 7.23. The highest BCUT2D eigenvalue weighted by Gasteiger charge is 2.23. The van der Waals surface area contributed by atoms with Gasteiger partial charge in [-0.15, -0.1) is 0 Å². The van der Waals surface area contributed by atoms with Crippen LogP contribution >= 0.6 is 0 Å². The van der Waals surface area contributed by atoms with Gasteiger partial charge in [0.2, 0.25) is 0 Å². The number of hydrogen-bond donors (Lipinski definition) is 2. The van der Waals surface area contributed by atoms with Crippen molar-refractivity contribution in [2.75, 3.05) is 38.7 Å².